The van der Waals surface area contributed by atoms with Gasteiger partial charge >= 0.3 is 0 Å². The Kier molecular flexibility index (Phi) is 4.44. The fraction of sp³-hybridized carbons (Fsp3) is 0.278. The van der Waals surface area contributed by atoms with Crippen molar-refractivity contribution in [2.75, 3.05) is 18.5 Å². The highest BCUT2D eigenvalue weighted by molar-refractivity contribution is 7.17. The van der Waals surface area contributed by atoms with E-state index in [1.807, 2.05) is 12.3 Å². The Hall–Kier alpha value is -2.71. The lowest BCUT2D eigenvalue weighted by Gasteiger charge is -2.17. The number of carbonyl (C=O) groups excluding carboxylic acids is 1. The molecule has 0 radical (unpaired) electrons. The number of primary amides is 1. The molecule has 0 saturated carbocycles. The molecule has 1 aliphatic heterocycles. The van der Waals surface area contributed by atoms with Crippen molar-refractivity contribution in [1.29, 1.82) is 0 Å². The fourth-order valence-corrected chi connectivity index (χ4v) is 3.79. The van der Waals surface area contributed by atoms with Gasteiger partial charge in [-0.1, -0.05) is 0 Å². The Morgan fingerprint density at radius 1 is 1.42 bits per heavy atom. The second-order valence-electron chi connectivity index (χ2n) is 6.12. The minimum Gasteiger partial charge on any atom is -0.486 e. The van der Waals surface area contributed by atoms with Crippen LogP contribution in [0.25, 0.3) is 10.2 Å². The van der Waals surface area contributed by atoms with Crippen molar-refractivity contribution < 1.29 is 14.3 Å². The summed E-state index contributed by atoms with van der Waals surface area (Å²) in [5.41, 5.74) is 7.63. The summed E-state index contributed by atoms with van der Waals surface area (Å²) in [6.45, 7) is 3.22. The number of benzene rings is 1. The standard InChI is InChI=1S/C18H18N4O3S/c1-10-8-26-18-15(10)17(20-9-21-18)22-13-3-2-11(16(19)23)6-14(13)25-12-4-5-24-7-12/h2-3,6,8-9,12H,4-5,7H2,1H3,(H2,19,23)(H,20,21,22). The molecule has 26 heavy (non-hydrogen) atoms. The summed E-state index contributed by atoms with van der Waals surface area (Å²) < 4.78 is 11.4. The van der Waals surface area contributed by atoms with Crippen molar-refractivity contribution >= 4 is 39.0 Å². The molecule has 2 aromatic heterocycles. The molecule has 8 heteroatoms. The third-order valence-electron chi connectivity index (χ3n) is 4.25. The highest BCUT2D eigenvalue weighted by Crippen LogP contribution is 2.34. The molecular weight excluding hydrogens is 352 g/mol. The predicted molar refractivity (Wildman–Crippen MR) is 100 cm³/mol. The highest BCUT2D eigenvalue weighted by atomic mass is 32.1. The molecule has 3 N–H and O–H groups in total. The molecule has 0 aliphatic carbocycles. The summed E-state index contributed by atoms with van der Waals surface area (Å²) in [4.78, 5) is 21.1. The number of nitrogens with two attached hydrogens (primary N) is 1. The molecule has 1 aliphatic rings. The van der Waals surface area contributed by atoms with Gasteiger partial charge in [0.1, 0.15) is 28.8 Å². The number of carbonyl (C=O) groups is 1. The molecule has 1 atom stereocenters. The van der Waals surface area contributed by atoms with Crippen LogP contribution in [-0.4, -0.2) is 35.2 Å². The first-order chi connectivity index (χ1) is 12.6. The minimum absolute atomic E-state index is 0.0491. The summed E-state index contributed by atoms with van der Waals surface area (Å²) in [5.74, 6) is 0.756. The Morgan fingerprint density at radius 3 is 3.08 bits per heavy atom. The first-order valence-electron chi connectivity index (χ1n) is 8.26. The summed E-state index contributed by atoms with van der Waals surface area (Å²) >= 11 is 1.58. The first kappa shape index (κ1) is 16.7. The van der Waals surface area contributed by atoms with Gasteiger partial charge < -0.3 is 20.5 Å². The number of aryl methyl sites for hydroxylation is 1. The minimum atomic E-state index is -0.498. The van der Waals surface area contributed by atoms with Gasteiger partial charge in [-0.25, -0.2) is 9.97 Å². The summed E-state index contributed by atoms with van der Waals surface area (Å²) in [6, 6.07) is 5.10. The number of rotatable bonds is 5. The van der Waals surface area contributed by atoms with E-state index in [0.29, 0.717) is 36.0 Å². The number of amides is 1. The van der Waals surface area contributed by atoms with E-state index in [4.69, 9.17) is 15.2 Å². The van der Waals surface area contributed by atoms with Crippen LogP contribution in [-0.2, 0) is 4.74 Å². The van der Waals surface area contributed by atoms with E-state index in [0.717, 1.165) is 22.2 Å². The molecule has 1 aromatic carbocycles. The molecule has 1 unspecified atom stereocenters. The number of thiophene rings is 1. The smallest absolute Gasteiger partial charge is 0.248 e. The quantitative estimate of drug-likeness (QED) is 0.716. The molecular formula is C18H18N4O3S. The Balaban J connectivity index is 1.72. The van der Waals surface area contributed by atoms with E-state index in [1.165, 1.54) is 6.33 Å². The SMILES string of the molecule is Cc1csc2ncnc(Nc3ccc(C(N)=O)cc3OC3CCOC3)c12. The Bertz CT molecular complexity index is 966. The van der Waals surface area contributed by atoms with Crippen LogP contribution in [0.15, 0.2) is 29.9 Å². The number of anilines is 2. The van der Waals surface area contributed by atoms with Crippen molar-refractivity contribution in [3.63, 3.8) is 0 Å². The van der Waals surface area contributed by atoms with Crippen molar-refractivity contribution in [3.05, 3.63) is 41.0 Å². The van der Waals surface area contributed by atoms with Gasteiger partial charge in [-0.05, 0) is 36.1 Å². The zero-order valence-corrected chi connectivity index (χ0v) is 15.0. The Morgan fingerprint density at radius 2 is 2.31 bits per heavy atom. The lowest BCUT2D eigenvalue weighted by molar-refractivity contribution is 0.0999. The normalized spacial score (nSPS) is 16.7. The monoisotopic (exact) mass is 370 g/mol. The number of nitrogens with zero attached hydrogens (tertiary/aromatic N) is 2. The van der Waals surface area contributed by atoms with Gasteiger partial charge in [0.25, 0.3) is 0 Å². The molecule has 3 aromatic rings. The van der Waals surface area contributed by atoms with Gasteiger partial charge in [-0.3, -0.25) is 4.79 Å². The maximum atomic E-state index is 11.5. The number of hydrogen-bond acceptors (Lipinski definition) is 7. The van der Waals surface area contributed by atoms with Crippen molar-refractivity contribution in [1.82, 2.24) is 9.97 Å². The van der Waals surface area contributed by atoms with Gasteiger partial charge in [0.05, 0.1) is 24.3 Å². The van der Waals surface area contributed by atoms with Crippen LogP contribution < -0.4 is 15.8 Å². The molecule has 0 bridgehead atoms. The van der Waals surface area contributed by atoms with Crippen LogP contribution in [0.1, 0.15) is 22.3 Å². The second-order valence-corrected chi connectivity index (χ2v) is 6.98. The molecule has 1 fully saturated rings. The average Bonchev–Trinajstić information content (AvgIpc) is 3.27. The Labute approximate surface area is 154 Å². The first-order valence-corrected chi connectivity index (χ1v) is 9.14. The third kappa shape index (κ3) is 3.21. The van der Waals surface area contributed by atoms with Crippen molar-refractivity contribution in [2.24, 2.45) is 5.73 Å². The maximum Gasteiger partial charge on any atom is 0.248 e. The summed E-state index contributed by atoms with van der Waals surface area (Å²) in [6.07, 6.45) is 2.29. The van der Waals surface area contributed by atoms with Gasteiger partial charge in [0, 0.05) is 12.0 Å². The third-order valence-corrected chi connectivity index (χ3v) is 5.26. The summed E-state index contributed by atoms with van der Waals surface area (Å²) in [7, 11) is 0. The topological polar surface area (TPSA) is 99.4 Å². The van der Waals surface area contributed by atoms with Crippen LogP contribution in [0.4, 0.5) is 11.5 Å². The zero-order chi connectivity index (χ0) is 18.1. The van der Waals surface area contributed by atoms with Gasteiger partial charge in [-0.2, -0.15) is 0 Å². The fourth-order valence-electron chi connectivity index (χ4n) is 2.90. The summed E-state index contributed by atoms with van der Waals surface area (Å²) in [5, 5.41) is 6.35. The molecule has 3 heterocycles. The van der Waals surface area contributed by atoms with Crippen LogP contribution in [0.2, 0.25) is 0 Å². The van der Waals surface area contributed by atoms with E-state index < -0.39 is 5.91 Å². The van der Waals surface area contributed by atoms with Crippen LogP contribution >= 0.6 is 11.3 Å². The molecule has 134 valence electrons. The number of fused-ring (bicyclic) bond motifs is 1. The lowest BCUT2D eigenvalue weighted by atomic mass is 10.1. The second kappa shape index (κ2) is 6.89. The molecule has 4 rings (SSSR count). The van der Waals surface area contributed by atoms with E-state index >= 15 is 0 Å². The largest absolute Gasteiger partial charge is 0.486 e. The predicted octanol–water partition coefficient (Wildman–Crippen LogP) is 3.01. The number of nitrogens with one attached hydrogen (secondary N) is 1. The van der Waals surface area contributed by atoms with Crippen LogP contribution in [0.5, 0.6) is 5.75 Å². The number of hydrogen-bond donors (Lipinski definition) is 2. The van der Waals surface area contributed by atoms with Gasteiger partial charge in [0.2, 0.25) is 5.91 Å². The van der Waals surface area contributed by atoms with E-state index in [1.54, 1.807) is 29.5 Å². The van der Waals surface area contributed by atoms with Gasteiger partial charge in [-0.15, -0.1) is 11.3 Å². The zero-order valence-electron chi connectivity index (χ0n) is 14.2. The molecule has 1 saturated heterocycles. The van der Waals surface area contributed by atoms with Crippen LogP contribution in [0, 0.1) is 6.92 Å². The van der Waals surface area contributed by atoms with Crippen molar-refractivity contribution in [2.45, 2.75) is 19.4 Å². The van der Waals surface area contributed by atoms with Crippen LogP contribution in [0.3, 0.4) is 0 Å². The molecule has 0 spiro atoms. The molecule has 7 nitrogen and oxygen atoms in total. The number of ether oxygens (including phenoxy) is 2. The van der Waals surface area contributed by atoms with E-state index in [2.05, 4.69) is 15.3 Å². The maximum absolute atomic E-state index is 11.5. The molecule has 1 amide bonds. The van der Waals surface area contributed by atoms with E-state index in [-0.39, 0.29) is 6.10 Å². The highest BCUT2D eigenvalue weighted by Gasteiger charge is 2.20. The lowest BCUT2D eigenvalue weighted by Crippen LogP contribution is -2.18. The van der Waals surface area contributed by atoms with Crippen molar-refractivity contribution in [3.8, 4) is 5.75 Å². The van der Waals surface area contributed by atoms with Gasteiger partial charge in [0.15, 0.2) is 0 Å². The van der Waals surface area contributed by atoms with E-state index in [9.17, 15) is 4.79 Å². The average molecular weight is 370 g/mol. The number of aromatic nitrogens is 2.